The standard InChI is InChI=1S/C18H15BrClN3O2/c19-14-6-3-5-13(10-14)18-22-17(25-23-18)11-21-16(24)9-8-12-4-1-2-7-15(12)20/h1-7,10H,8-9,11H2,(H,21,24). The maximum absolute atomic E-state index is 12.0. The van der Waals surface area contributed by atoms with Crippen LogP contribution in [0.5, 0.6) is 0 Å². The van der Waals surface area contributed by atoms with E-state index in [1.807, 2.05) is 48.5 Å². The van der Waals surface area contributed by atoms with Gasteiger partial charge in [0.05, 0.1) is 6.54 Å². The van der Waals surface area contributed by atoms with Crippen molar-refractivity contribution in [3.8, 4) is 11.4 Å². The van der Waals surface area contributed by atoms with Gasteiger partial charge in [0.1, 0.15) is 0 Å². The number of carbonyl (C=O) groups is 1. The molecule has 128 valence electrons. The van der Waals surface area contributed by atoms with Crippen molar-refractivity contribution >= 4 is 33.4 Å². The molecule has 0 bridgehead atoms. The molecule has 0 saturated carbocycles. The van der Waals surface area contributed by atoms with Gasteiger partial charge in [0, 0.05) is 21.5 Å². The van der Waals surface area contributed by atoms with Crippen molar-refractivity contribution in [3.05, 3.63) is 69.5 Å². The molecule has 0 aliphatic heterocycles. The molecule has 0 unspecified atom stereocenters. The van der Waals surface area contributed by atoms with E-state index in [1.54, 1.807) is 0 Å². The number of aromatic nitrogens is 2. The van der Waals surface area contributed by atoms with Crippen LogP contribution in [0.2, 0.25) is 5.02 Å². The van der Waals surface area contributed by atoms with Gasteiger partial charge in [-0.25, -0.2) is 0 Å². The van der Waals surface area contributed by atoms with Crippen LogP contribution in [0.3, 0.4) is 0 Å². The Morgan fingerprint density at radius 1 is 1.20 bits per heavy atom. The van der Waals surface area contributed by atoms with Crippen LogP contribution in [0, 0.1) is 0 Å². The molecule has 3 rings (SSSR count). The fourth-order valence-electron chi connectivity index (χ4n) is 2.28. The molecule has 2 aromatic carbocycles. The number of hydrogen-bond donors (Lipinski definition) is 1. The van der Waals surface area contributed by atoms with Gasteiger partial charge in [-0.05, 0) is 30.2 Å². The van der Waals surface area contributed by atoms with Gasteiger partial charge in [0.15, 0.2) is 0 Å². The molecule has 0 spiro atoms. The van der Waals surface area contributed by atoms with Crippen molar-refractivity contribution in [3.63, 3.8) is 0 Å². The minimum absolute atomic E-state index is 0.0953. The highest BCUT2D eigenvalue weighted by atomic mass is 79.9. The Bertz CT molecular complexity index is 882. The van der Waals surface area contributed by atoms with E-state index in [-0.39, 0.29) is 12.5 Å². The quantitative estimate of drug-likeness (QED) is 0.642. The first-order valence-corrected chi connectivity index (χ1v) is 8.87. The molecule has 0 fully saturated rings. The maximum Gasteiger partial charge on any atom is 0.246 e. The lowest BCUT2D eigenvalue weighted by Gasteiger charge is -2.04. The van der Waals surface area contributed by atoms with Gasteiger partial charge in [0.25, 0.3) is 0 Å². The molecule has 1 aromatic heterocycles. The highest BCUT2D eigenvalue weighted by molar-refractivity contribution is 9.10. The Morgan fingerprint density at radius 3 is 2.84 bits per heavy atom. The summed E-state index contributed by atoms with van der Waals surface area (Å²) in [7, 11) is 0. The van der Waals surface area contributed by atoms with Crippen LogP contribution < -0.4 is 5.32 Å². The molecule has 25 heavy (non-hydrogen) atoms. The summed E-state index contributed by atoms with van der Waals surface area (Å²) in [5, 5.41) is 7.38. The summed E-state index contributed by atoms with van der Waals surface area (Å²) in [5.74, 6) is 0.754. The smallest absolute Gasteiger partial charge is 0.246 e. The predicted octanol–water partition coefficient (Wildman–Crippen LogP) is 4.40. The van der Waals surface area contributed by atoms with E-state index in [9.17, 15) is 4.79 Å². The lowest BCUT2D eigenvalue weighted by molar-refractivity contribution is -0.121. The van der Waals surface area contributed by atoms with Crippen molar-refractivity contribution in [2.75, 3.05) is 0 Å². The number of nitrogens with one attached hydrogen (secondary N) is 1. The third-order valence-corrected chi connectivity index (χ3v) is 4.43. The fraction of sp³-hybridized carbons (Fsp3) is 0.167. The number of amides is 1. The molecule has 0 saturated heterocycles. The number of aryl methyl sites for hydroxylation is 1. The first-order valence-electron chi connectivity index (χ1n) is 7.70. The largest absolute Gasteiger partial charge is 0.347 e. The number of carbonyl (C=O) groups excluding carboxylic acids is 1. The molecule has 0 aliphatic carbocycles. The normalized spacial score (nSPS) is 10.6. The molecule has 1 N–H and O–H groups in total. The van der Waals surface area contributed by atoms with E-state index >= 15 is 0 Å². The lowest BCUT2D eigenvalue weighted by atomic mass is 10.1. The SMILES string of the molecule is O=C(CCc1ccccc1Cl)NCc1nc(-c2cccc(Br)c2)no1. The van der Waals surface area contributed by atoms with Crippen molar-refractivity contribution in [2.24, 2.45) is 0 Å². The van der Waals surface area contributed by atoms with Crippen LogP contribution in [-0.2, 0) is 17.8 Å². The van der Waals surface area contributed by atoms with Crippen molar-refractivity contribution in [1.29, 1.82) is 0 Å². The van der Waals surface area contributed by atoms with Crippen LogP contribution >= 0.6 is 27.5 Å². The Kier molecular flexibility index (Phi) is 5.83. The number of rotatable bonds is 6. The molecule has 3 aromatic rings. The summed E-state index contributed by atoms with van der Waals surface area (Å²) in [6, 6.07) is 15.1. The lowest BCUT2D eigenvalue weighted by Crippen LogP contribution is -2.23. The monoisotopic (exact) mass is 419 g/mol. The third kappa shape index (κ3) is 4.90. The Labute approximate surface area is 158 Å². The van der Waals surface area contributed by atoms with E-state index < -0.39 is 0 Å². The van der Waals surface area contributed by atoms with Crippen LogP contribution in [0.4, 0.5) is 0 Å². The number of hydrogen-bond acceptors (Lipinski definition) is 4. The van der Waals surface area contributed by atoms with E-state index in [0.717, 1.165) is 15.6 Å². The second-order valence-corrected chi connectivity index (χ2v) is 6.71. The zero-order chi connectivity index (χ0) is 17.6. The Morgan fingerprint density at radius 2 is 2.04 bits per heavy atom. The maximum atomic E-state index is 12.0. The van der Waals surface area contributed by atoms with Crippen molar-refractivity contribution in [2.45, 2.75) is 19.4 Å². The van der Waals surface area contributed by atoms with Crippen LogP contribution in [0.15, 0.2) is 57.5 Å². The average molecular weight is 421 g/mol. The average Bonchev–Trinajstić information content (AvgIpc) is 3.08. The topological polar surface area (TPSA) is 68.0 Å². The second-order valence-electron chi connectivity index (χ2n) is 5.39. The summed E-state index contributed by atoms with van der Waals surface area (Å²) in [6.45, 7) is 0.197. The summed E-state index contributed by atoms with van der Waals surface area (Å²) < 4.78 is 6.11. The van der Waals surface area contributed by atoms with Crippen molar-refractivity contribution in [1.82, 2.24) is 15.5 Å². The van der Waals surface area contributed by atoms with Crippen LogP contribution in [0.25, 0.3) is 11.4 Å². The zero-order valence-electron chi connectivity index (χ0n) is 13.2. The molecule has 0 aliphatic rings. The van der Waals surface area contributed by atoms with Gasteiger partial charge < -0.3 is 9.84 Å². The highest BCUT2D eigenvalue weighted by Crippen LogP contribution is 2.20. The van der Waals surface area contributed by atoms with Crippen molar-refractivity contribution < 1.29 is 9.32 Å². The zero-order valence-corrected chi connectivity index (χ0v) is 15.5. The first-order chi connectivity index (χ1) is 12.1. The summed E-state index contributed by atoms with van der Waals surface area (Å²) in [4.78, 5) is 16.3. The van der Waals surface area contributed by atoms with Gasteiger partial charge in [-0.3, -0.25) is 4.79 Å². The number of benzene rings is 2. The summed E-state index contributed by atoms with van der Waals surface area (Å²) in [6.07, 6.45) is 0.926. The van der Waals surface area contributed by atoms with E-state index in [0.29, 0.717) is 29.6 Å². The molecule has 0 radical (unpaired) electrons. The van der Waals surface area contributed by atoms with Gasteiger partial charge in [-0.2, -0.15) is 4.98 Å². The minimum atomic E-state index is -0.0953. The number of nitrogens with zero attached hydrogens (tertiary/aromatic N) is 2. The van der Waals surface area contributed by atoms with Crippen LogP contribution in [0.1, 0.15) is 17.9 Å². The second kappa shape index (κ2) is 8.27. The van der Waals surface area contributed by atoms with E-state index in [4.69, 9.17) is 16.1 Å². The molecular formula is C18H15BrClN3O2. The summed E-state index contributed by atoms with van der Waals surface area (Å²) >= 11 is 9.49. The predicted molar refractivity (Wildman–Crippen MR) is 99.1 cm³/mol. The molecule has 1 heterocycles. The van der Waals surface area contributed by atoms with E-state index in [2.05, 4.69) is 31.4 Å². The van der Waals surface area contributed by atoms with Gasteiger partial charge in [0.2, 0.25) is 17.6 Å². The van der Waals surface area contributed by atoms with Gasteiger partial charge >= 0.3 is 0 Å². The number of halogens is 2. The molecule has 0 atom stereocenters. The Hall–Kier alpha value is -2.18. The molecule has 7 heteroatoms. The fourth-order valence-corrected chi connectivity index (χ4v) is 2.91. The molecule has 1 amide bonds. The van der Waals surface area contributed by atoms with Crippen LogP contribution in [-0.4, -0.2) is 16.0 Å². The minimum Gasteiger partial charge on any atom is -0.347 e. The third-order valence-electron chi connectivity index (χ3n) is 3.57. The molecular weight excluding hydrogens is 406 g/mol. The van der Waals surface area contributed by atoms with Gasteiger partial charge in [-0.1, -0.05) is 63.0 Å². The molecule has 5 nitrogen and oxygen atoms in total. The van der Waals surface area contributed by atoms with E-state index in [1.165, 1.54) is 0 Å². The first kappa shape index (κ1) is 17.6. The Balaban J connectivity index is 1.52. The van der Waals surface area contributed by atoms with Gasteiger partial charge in [-0.15, -0.1) is 0 Å². The summed E-state index contributed by atoms with van der Waals surface area (Å²) in [5.41, 5.74) is 1.79. The highest BCUT2D eigenvalue weighted by Gasteiger charge is 2.10.